The summed E-state index contributed by atoms with van der Waals surface area (Å²) in [6.45, 7) is 0.271. The molecule has 2 N–H and O–H groups in total. The van der Waals surface area contributed by atoms with Crippen LogP contribution in [0.4, 0.5) is 10.1 Å². The van der Waals surface area contributed by atoms with Gasteiger partial charge in [-0.05, 0) is 24.3 Å². The van der Waals surface area contributed by atoms with Crippen molar-refractivity contribution in [2.24, 2.45) is 0 Å². The van der Waals surface area contributed by atoms with Gasteiger partial charge in [0.05, 0.1) is 6.10 Å². The van der Waals surface area contributed by atoms with E-state index in [2.05, 4.69) is 5.32 Å². The third kappa shape index (κ3) is 3.22. The minimum Gasteiger partial charge on any atom is -0.387 e. The second kappa shape index (κ2) is 5.85. The molecule has 2 rings (SSSR count). The lowest BCUT2D eigenvalue weighted by atomic mass is 10.1. The minimum absolute atomic E-state index is 0.271. The van der Waals surface area contributed by atoms with Crippen LogP contribution in [0.2, 0.25) is 5.02 Å². The van der Waals surface area contributed by atoms with Gasteiger partial charge in [0.2, 0.25) is 0 Å². The third-order valence-electron chi connectivity index (χ3n) is 2.59. The Kier molecular flexibility index (Phi) is 4.18. The van der Waals surface area contributed by atoms with Gasteiger partial charge in [-0.1, -0.05) is 35.9 Å². The summed E-state index contributed by atoms with van der Waals surface area (Å²) in [4.78, 5) is 0. The van der Waals surface area contributed by atoms with Gasteiger partial charge in [0.1, 0.15) is 5.82 Å². The maximum absolute atomic E-state index is 13.0. The number of aliphatic hydroxyl groups excluding tert-OH is 1. The van der Waals surface area contributed by atoms with Crippen molar-refractivity contribution in [2.45, 2.75) is 6.10 Å². The summed E-state index contributed by atoms with van der Waals surface area (Å²) in [6.07, 6.45) is -0.734. The highest BCUT2D eigenvalue weighted by Crippen LogP contribution is 2.22. The SMILES string of the molecule is OC(CNc1cccc(F)c1)c1ccccc1Cl. The average molecular weight is 266 g/mol. The number of benzene rings is 2. The predicted molar refractivity (Wildman–Crippen MR) is 71.3 cm³/mol. The van der Waals surface area contributed by atoms with Gasteiger partial charge in [0, 0.05) is 22.8 Å². The average Bonchev–Trinajstić information content (AvgIpc) is 2.37. The molecule has 0 saturated heterocycles. The summed E-state index contributed by atoms with van der Waals surface area (Å²) in [5.41, 5.74) is 1.28. The lowest BCUT2D eigenvalue weighted by molar-refractivity contribution is 0.191. The van der Waals surface area contributed by atoms with Crippen molar-refractivity contribution < 1.29 is 9.50 Å². The van der Waals surface area contributed by atoms with Gasteiger partial charge in [0.25, 0.3) is 0 Å². The smallest absolute Gasteiger partial charge is 0.125 e. The molecule has 4 heteroatoms. The van der Waals surface area contributed by atoms with E-state index in [1.807, 2.05) is 6.07 Å². The molecule has 1 unspecified atom stereocenters. The van der Waals surface area contributed by atoms with Crippen LogP contribution in [-0.4, -0.2) is 11.7 Å². The van der Waals surface area contributed by atoms with Crippen molar-refractivity contribution in [3.8, 4) is 0 Å². The standard InChI is InChI=1S/C14H13ClFNO/c15-13-7-2-1-6-12(13)14(18)9-17-11-5-3-4-10(16)8-11/h1-8,14,17-18H,9H2. The molecule has 2 nitrogen and oxygen atoms in total. The molecule has 1 atom stereocenters. The van der Waals surface area contributed by atoms with Crippen molar-refractivity contribution in [2.75, 3.05) is 11.9 Å². The zero-order chi connectivity index (χ0) is 13.0. The highest BCUT2D eigenvalue weighted by Gasteiger charge is 2.10. The first-order valence-electron chi connectivity index (χ1n) is 5.59. The molecule has 0 fully saturated rings. The van der Waals surface area contributed by atoms with Gasteiger partial charge in [-0.3, -0.25) is 0 Å². The Morgan fingerprint density at radius 3 is 2.67 bits per heavy atom. The molecule has 0 spiro atoms. The Balaban J connectivity index is 2.00. The molecular formula is C14H13ClFNO. The van der Waals surface area contributed by atoms with Crippen molar-refractivity contribution in [1.82, 2.24) is 0 Å². The third-order valence-corrected chi connectivity index (χ3v) is 2.93. The zero-order valence-electron chi connectivity index (χ0n) is 9.61. The fraction of sp³-hybridized carbons (Fsp3) is 0.143. The van der Waals surface area contributed by atoms with Crippen molar-refractivity contribution in [3.63, 3.8) is 0 Å². The number of rotatable bonds is 4. The van der Waals surface area contributed by atoms with E-state index in [-0.39, 0.29) is 12.4 Å². The number of aliphatic hydroxyl groups is 1. The van der Waals surface area contributed by atoms with Crippen molar-refractivity contribution >= 4 is 17.3 Å². The summed E-state index contributed by atoms with van der Waals surface area (Å²) < 4.78 is 13.0. The number of halogens is 2. The van der Waals surface area contributed by atoms with Crippen LogP contribution in [0.1, 0.15) is 11.7 Å². The second-order valence-corrected chi connectivity index (χ2v) is 4.34. The highest BCUT2D eigenvalue weighted by molar-refractivity contribution is 6.31. The molecule has 0 aliphatic carbocycles. The van der Waals surface area contributed by atoms with Gasteiger partial charge in [-0.25, -0.2) is 4.39 Å². The quantitative estimate of drug-likeness (QED) is 0.885. The lowest BCUT2D eigenvalue weighted by Gasteiger charge is -2.14. The van der Waals surface area contributed by atoms with Gasteiger partial charge < -0.3 is 10.4 Å². The number of anilines is 1. The molecule has 0 radical (unpaired) electrons. The molecular weight excluding hydrogens is 253 g/mol. The van der Waals surface area contributed by atoms with E-state index in [0.717, 1.165) is 0 Å². The number of hydrogen-bond acceptors (Lipinski definition) is 2. The number of nitrogens with one attached hydrogen (secondary N) is 1. The summed E-state index contributed by atoms with van der Waals surface area (Å²) in [5, 5.41) is 13.5. The van der Waals surface area contributed by atoms with Gasteiger partial charge in [0.15, 0.2) is 0 Å². The molecule has 2 aromatic rings. The van der Waals surface area contributed by atoms with E-state index in [4.69, 9.17) is 11.6 Å². The molecule has 0 aliphatic heterocycles. The van der Waals surface area contributed by atoms with Crippen LogP contribution < -0.4 is 5.32 Å². The Hall–Kier alpha value is -1.58. The maximum Gasteiger partial charge on any atom is 0.125 e. The van der Waals surface area contributed by atoms with Gasteiger partial charge >= 0.3 is 0 Å². The molecule has 0 bridgehead atoms. The van der Waals surface area contributed by atoms with Crippen molar-refractivity contribution in [3.05, 3.63) is 64.9 Å². The van der Waals surface area contributed by atoms with E-state index in [1.165, 1.54) is 12.1 Å². The van der Waals surface area contributed by atoms with Crippen LogP contribution in [0, 0.1) is 5.82 Å². The van der Waals surface area contributed by atoms with E-state index in [0.29, 0.717) is 16.3 Å². The molecule has 18 heavy (non-hydrogen) atoms. The maximum atomic E-state index is 13.0. The number of hydrogen-bond donors (Lipinski definition) is 2. The molecule has 0 aliphatic rings. The first kappa shape index (κ1) is 12.9. The lowest BCUT2D eigenvalue weighted by Crippen LogP contribution is -2.12. The monoisotopic (exact) mass is 265 g/mol. The van der Waals surface area contributed by atoms with E-state index >= 15 is 0 Å². The largest absolute Gasteiger partial charge is 0.387 e. The Bertz CT molecular complexity index is 533. The molecule has 0 saturated carbocycles. The van der Waals surface area contributed by atoms with Crippen LogP contribution in [0.3, 0.4) is 0 Å². The van der Waals surface area contributed by atoms with E-state index < -0.39 is 6.10 Å². The molecule has 2 aromatic carbocycles. The Morgan fingerprint density at radius 2 is 1.94 bits per heavy atom. The van der Waals surface area contributed by atoms with Crippen LogP contribution in [0.15, 0.2) is 48.5 Å². The molecule has 0 heterocycles. The Morgan fingerprint density at radius 1 is 1.17 bits per heavy atom. The molecule has 0 aromatic heterocycles. The first-order chi connectivity index (χ1) is 8.66. The second-order valence-electron chi connectivity index (χ2n) is 3.93. The minimum atomic E-state index is -0.734. The summed E-state index contributed by atoms with van der Waals surface area (Å²) in [5.74, 6) is -0.313. The van der Waals surface area contributed by atoms with Crippen LogP contribution in [-0.2, 0) is 0 Å². The van der Waals surface area contributed by atoms with Crippen LogP contribution in [0.5, 0.6) is 0 Å². The molecule has 0 amide bonds. The summed E-state index contributed by atoms with van der Waals surface area (Å²) in [7, 11) is 0. The zero-order valence-corrected chi connectivity index (χ0v) is 10.4. The summed E-state index contributed by atoms with van der Waals surface area (Å²) in [6, 6.07) is 13.2. The van der Waals surface area contributed by atoms with E-state index in [9.17, 15) is 9.50 Å². The highest BCUT2D eigenvalue weighted by atomic mass is 35.5. The summed E-state index contributed by atoms with van der Waals surface area (Å²) >= 11 is 5.98. The van der Waals surface area contributed by atoms with Crippen LogP contribution in [0.25, 0.3) is 0 Å². The molecule has 94 valence electrons. The van der Waals surface area contributed by atoms with Gasteiger partial charge in [-0.2, -0.15) is 0 Å². The van der Waals surface area contributed by atoms with Crippen LogP contribution >= 0.6 is 11.6 Å². The first-order valence-corrected chi connectivity index (χ1v) is 5.96. The normalized spacial score (nSPS) is 12.2. The fourth-order valence-electron chi connectivity index (χ4n) is 1.67. The fourth-order valence-corrected chi connectivity index (χ4v) is 1.93. The topological polar surface area (TPSA) is 32.3 Å². The van der Waals surface area contributed by atoms with Crippen molar-refractivity contribution in [1.29, 1.82) is 0 Å². The predicted octanol–water partition coefficient (Wildman–Crippen LogP) is 3.62. The Labute approximate surface area is 110 Å². The van der Waals surface area contributed by atoms with Gasteiger partial charge in [-0.15, -0.1) is 0 Å². The van der Waals surface area contributed by atoms with E-state index in [1.54, 1.807) is 30.3 Å².